The average Bonchev–Trinajstić information content (AvgIpc) is 3.16. The molecule has 2 amide bonds. The summed E-state index contributed by atoms with van der Waals surface area (Å²) in [7, 11) is 0. The molecule has 1 aliphatic heterocycles. The first-order valence-electron chi connectivity index (χ1n) is 8.44. The number of anilines is 1. The van der Waals surface area contributed by atoms with E-state index >= 15 is 0 Å². The fourth-order valence-corrected chi connectivity index (χ4v) is 3.68. The zero-order valence-corrected chi connectivity index (χ0v) is 13.7. The molecule has 3 rings (SSSR count). The molecule has 0 aromatic carbocycles. The lowest BCUT2D eigenvalue weighted by Crippen LogP contribution is -2.51. The lowest BCUT2D eigenvalue weighted by atomic mass is 9.86. The minimum absolute atomic E-state index is 0.0563. The molecule has 1 saturated carbocycles. The van der Waals surface area contributed by atoms with E-state index in [0.717, 1.165) is 44.6 Å². The predicted molar refractivity (Wildman–Crippen MR) is 89.4 cm³/mol. The number of hydrogen-bond donors (Lipinski definition) is 3. The van der Waals surface area contributed by atoms with Gasteiger partial charge in [-0.1, -0.05) is 19.4 Å². The van der Waals surface area contributed by atoms with Gasteiger partial charge >= 0.3 is 6.03 Å². The van der Waals surface area contributed by atoms with Crippen LogP contribution in [0.1, 0.15) is 32.6 Å². The first kappa shape index (κ1) is 16.1. The highest BCUT2D eigenvalue weighted by Gasteiger charge is 2.39. The van der Waals surface area contributed by atoms with Gasteiger partial charge in [-0.3, -0.25) is 0 Å². The second-order valence-electron chi connectivity index (χ2n) is 6.99. The summed E-state index contributed by atoms with van der Waals surface area (Å²) in [5.74, 6) is 0.959. The van der Waals surface area contributed by atoms with E-state index in [0.29, 0.717) is 0 Å². The molecule has 126 valence electrons. The standard InChI is InChI=1S/C17H26N4O2/c1-17(12-22)8-4-5-14(17)20-16(23)19-13-7-10-21(11-13)15-6-2-3-9-18-15/h2-3,6,9,13-14,22H,4-5,7-8,10-12H2,1H3,(H2,19,20,23). The van der Waals surface area contributed by atoms with Crippen molar-refractivity contribution in [3.8, 4) is 0 Å². The second-order valence-corrected chi connectivity index (χ2v) is 6.99. The molecule has 2 aliphatic rings. The molecule has 6 heteroatoms. The average molecular weight is 318 g/mol. The molecule has 6 nitrogen and oxygen atoms in total. The summed E-state index contributed by atoms with van der Waals surface area (Å²) in [6.07, 6.45) is 5.67. The molecule has 23 heavy (non-hydrogen) atoms. The van der Waals surface area contributed by atoms with E-state index in [-0.39, 0.29) is 30.1 Å². The minimum Gasteiger partial charge on any atom is -0.396 e. The Morgan fingerprint density at radius 1 is 1.43 bits per heavy atom. The third kappa shape index (κ3) is 3.58. The number of aromatic nitrogens is 1. The van der Waals surface area contributed by atoms with Crippen LogP contribution in [0.2, 0.25) is 0 Å². The van der Waals surface area contributed by atoms with Gasteiger partial charge in [0.2, 0.25) is 0 Å². The van der Waals surface area contributed by atoms with Crippen LogP contribution >= 0.6 is 0 Å². The van der Waals surface area contributed by atoms with Gasteiger partial charge in [-0.15, -0.1) is 0 Å². The third-order valence-corrected chi connectivity index (χ3v) is 5.25. The van der Waals surface area contributed by atoms with Crippen LogP contribution in [0.25, 0.3) is 0 Å². The topological polar surface area (TPSA) is 77.5 Å². The van der Waals surface area contributed by atoms with Crippen LogP contribution in [-0.4, -0.2) is 47.9 Å². The third-order valence-electron chi connectivity index (χ3n) is 5.25. The zero-order valence-electron chi connectivity index (χ0n) is 13.7. The van der Waals surface area contributed by atoms with Crippen molar-refractivity contribution in [1.29, 1.82) is 0 Å². The van der Waals surface area contributed by atoms with Gasteiger partial charge < -0.3 is 20.6 Å². The molecule has 2 heterocycles. The highest BCUT2D eigenvalue weighted by atomic mass is 16.3. The Morgan fingerprint density at radius 3 is 3.04 bits per heavy atom. The zero-order chi connectivity index (χ0) is 16.3. The number of aliphatic hydroxyl groups excluding tert-OH is 1. The van der Waals surface area contributed by atoms with Crippen molar-refractivity contribution in [2.45, 2.75) is 44.7 Å². The van der Waals surface area contributed by atoms with Crippen molar-refractivity contribution in [2.24, 2.45) is 5.41 Å². The van der Waals surface area contributed by atoms with Gasteiger partial charge in [0, 0.05) is 36.8 Å². The maximum absolute atomic E-state index is 12.3. The molecule has 3 atom stereocenters. The van der Waals surface area contributed by atoms with E-state index in [4.69, 9.17) is 0 Å². The number of aliphatic hydroxyl groups is 1. The van der Waals surface area contributed by atoms with Crippen LogP contribution in [0.5, 0.6) is 0 Å². The molecule has 0 spiro atoms. The molecule has 1 aromatic rings. The fraction of sp³-hybridized carbons (Fsp3) is 0.647. The van der Waals surface area contributed by atoms with Crippen LogP contribution < -0.4 is 15.5 Å². The number of nitrogens with one attached hydrogen (secondary N) is 2. The Balaban J connectivity index is 1.50. The van der Waals surface area contributed by atoms with E-state index in [1.807, 2.05) is 25.1 Å². The summed E-state index contributed by atoms with van der Waals surface area (Å²) in [5.41, 5.74) is -0.187. The Morgan fingerprint density at radius 2 is 2.30 bits per heavy atom. The maximum Gasteiger partial charge on any atom is 0.315 e. The van der Waals surface area contributed by atoms with Gasteiger partial charge in [-0.25, -0.2) is 9.78 Å². The smallest absolute Gasteiger partial charge is 0.315 e. The minimum atomic E-state index is -0.187. The molecule has 2 fully saturated rings. The quantitative estimate of drug-likeness (QED) is 0.786. The highest BCUT2D eigenvalue weighted by Crippen LogP contribution is 2.37. The lowest BCUT2D eigenvalue weighted by Gasteiger charge is -2.30. The maximum atomic E-state index is 12.3. The Labute approximate surface area is 137 Å². The summed E-state index contributed by atoms with van der Waals surface area (Å²) < 4.78 is 0. The first-order chi connectivity index (χ1) is 11.1. The summed E-state index contributed by atoms with van der Waals surface area (Å²) in [6, 6.07) is 5.95. The largest absolute Gasteiger partial charge is 0.396 e. The molecular weight excluding hydrogens is 292 g/mol. The molecule has 3 N–H and O–H groups in total. The van der Waals surface area contributed by atoms with Crippen LogP contribution in [0, 0.1) is 5.41 Å². The van der Waals surface area contributed by atoms with Gasteiger partial charge in [-0.05, 0) is 31.4 Å². The Bertz CT molecular complexity index is 539. The summed E-state index contributed by atoms with van der Waals surface area (Å²) in [5, 5.41) is 15.7. The second kappa shape index (κ2) is 6.74. The van der Waals surface area contributed by atoms with E-state index in [1.54, 1.807) is 6.20 Å². The van der Waals surface area contributed by atoms with Crippen molar-refractivity contribution in [1.82, 2.24) is 15.6 Å². The Hall–Kier alpha value is -1.82. The van der Waals surface area contributed by atoms with Crippen molar-refractivity contribution in [3.05, 3.63) is 24.4 Å². The van der Waals surface area contributed by atoms with Gasteiger partial charge in [0.1, 0.15) is 5.82 Å². The van der Waals surface area contributed by atoms with Crippen molar-refractivity contribution >= 4 is 11.8 Å². The molecule has 1 aliphatic carbocycles. The van der Waals surface area contributed by atoms with Crippen LogP contribution in [0.4, 0.5) is 10.6 Å². The fourth-order valence-electron chi connectivity index (χ4n) is 3.68. The molecule has 1 saturated heterocycles. The number of amides is 2. The number of rotatable bonds is 4. The van der Waals surface area contributed by atoms with Crippen LogP contribution in [0.3, 0.4) is 0 Å². The number of carbonyl (C=O) groups excluding carboxylic acids is 1. The van der Waals surface area contributed by atoms with Crippen LogP contribution in [0.15, 0.2) is 24.4 Å². The molecule has 3 unspecified atom stereocenters. The van der Waals surface area contributed by atoms with Crippen LogP contribution in [-0.2, 0) is 0 Å². The van der Waals surface area contributed by atoms with Gasteiger partial charge in [-0.2, -0.15) is 0 Å². The molecular formula is C17H26N4O2. The van der Waals surface area contributed by atoms with E-state index < -0.39 is 0 Å². The van der Waals surface area contributed by atoms with Crippen molar-refractivity contribution < 1.29 is 9.90 Å². The molecule has 1 aromatic heterocycles. The number of pyridine rings is 1. The Kier molecular flexibility index (Phi) is 4.71. The van der Waals surface area contributed by atoms with E-state index in [1.165, 1.54) is 0 Å². The van der Waals surface area contributed by atoms with Gasteiger partial charge in [0.25, 0.3) is 0 Å². The molecule has 0 radical (unpaired) electrons. The number of carbonyl (C=O) groups is 1. The predicted octanol–water partition coefficient (Wildman–Crippen LogP) is 1.51. The summed E-state index contributed by atoms with van der Waals surface area (Å²) in [6.45, 7) is 3.85. The number of hydrogen-bond acceptors (Lipinski definition) is 4. The van der Waals surface area contributed by atoms with Crippen molar-refractivity contribution in [2.75, 3.05) is 24.6 Å². The van der Waals surface area contributed by atoms with Gasteiger partial charge in [0.05, 0.1) is 6.61 Å². The van der Waals surface area contributed by atoms with Crippen molar-refractivity contribution in [3.63, 3.8) is 0 Å². The van der Waals surface area contributed by atoms with E-state index in [2.05, 4.69) is 20.5 Å². The van der Waals surface area contributed by atoms with Gasteiger partial charge in [0.15, 0.2) is 0 Å². The number of nitrogens with zero attached hydrogens (tertiary/aromatic N) is 2. The number of urea groups is 1. The van der Waals surface area contributed by atoms with E-state index in [9.17, 15) is 9.90 Å². The first-order valence-corrected chi connectivity index (χ1v) is 8.44. The lowest BCUT2D eigenvalue weighted by molar-refractivity contribution is 0.121. The summed E-state index contributed by atoms with van der Waals surface area (Å²) >= 11 is 0. The highest BCUT2D eigenvalue weighted by molar-refractivity contribution is 5.75. The normalized spacial score (nSPS) is 30.4. The SMILES string of the molecule is CC1(CO)CCCC1NC(=O)NC1CCN(c2ccccn2)C1. The monoisotopic (exact) mass is 318 g/mol. The summed E-state index contributed by atoms with van der Waals surface area (Å²) in [4.78, 5) is 18.8. The molecule has 0 bridgehead atoms.